The van der Waals surface area contributed by atoms with Gasteiger partial charge in [-0.1, -0.05) is 66.4 Å². The average molecular weight is 428 g/mol. The van der Waals surface area contributed by atoms with Crippen molar-refractivity contribution in [2.24, 2.45) is 0 Å². The third-order valence-electron chi connectivity index (χ3n) is 5.76. The Morgan fingerprint density at radius 2 is 1.55 bits per heavy atom. The number of carbonyl (C=O) groups excluding carboxylic acids is 1. The van der Waals surface area contributed by atoms with Crippen molar-refractivity contribution in [2.75, 3.05) is 26.2 Å². The predicted octanol–water partition coefficient (Wildman–Crippen LogP) is 5.14. The van der Waals surface area contributed by atoms with Crippen LogP contribution in [0.15, 0.2) is 88.8 Å². The predicted molar refractivity (Wildman–Crippen MR) is 127 cm³/mol. The van der Waals surface area contributed by atoms with E-state index in [4.69, 9.17) is 0 Å². The van der Waals surface area contributed by atoms with Crippen molar-refractivity contribution in [3.05, 3.63) is 90.0 Å². The number of nitrogens with zero attached hydrogens (tertiary/aromatic N) is 2. The lowest BCUT2D eigenvalue weighted by Crippen LogP contribution is -2.46. The fraction of sp³-hybridized carbons (Fsp3) is 0.192. The van der Waals surface area contributed by atoms with Gasteiger partial charge in [-0.05, 0) is 36.8 Å². The highest BCUT2D eigenvalue weighted by atomic mass is 32.2. The van der Waals surface area contributed by atoms with Crippen LogP contribution in [0.3, 0.4) is 0 Å². The number of para-hydroxylation sites is 2. The number of hydrogen-bond acceptors (Lipinski definition) is 3. The van der Waals surface area contributed by atoms with Crippen LogP contribution in [-0.4, -0.2) is 41.6 Å². The molecule has 3 aromatic carbocycles. The summed E-state index contributed by atoms with van der Waals surface area (Å²) in [6.45, 7) is 5.26. The molecule has 1 N–H and O–H groups in total. The van der Waals surface area contributed by atoms with Crippen molar-refractivity contribution in [3.63, 3.8) is 0 Å². The van der Waals surface area contributed by atoms with Crippen LogP contribution in [0.5, 0.6) is 0 Å². The molecule has 1 aromatic heterocycles. The van der Waals surface area contributed by atoms with Crippen LogP contribution in [0.1, 0.15) is 15.9 Å². The molecule has 4 nitrogen and oxygen atoms in total. The maximum Gasteiger partial charge on any atom is 0.257 e. The minimum Gasteiger partial charge on any atom is -0.336 e. The smallest absolute Gasteiger partial charge is 0.257 e. The quantitative estimate of drug-likeness (QED) is 0.490. The number of rotatable bonds is 4. The van der Waals surface area contributed by atoms with Crippen LogP contribution in [0.4, 0.5) is 0 Å². The second kappa shape index (κ2) is 8.61. The summed E-state index contributed by atoms with van der Waals surface area (Å²) in [7, 11) is 0. The van der Waals surface area contributed by atoms with Crippen LogP contribution in [0.2, 0.25) is 0 Å². The van der Waals surface area contributed by atoms with Crippen molar-refractivity contribution >= 4 is 28.6 Å². The SMILES string of the molecule is Cc1ccccc1Sc1c(C(=O)N2CCNCC2)c2ccccc2n1-c1ccccc1. The number of nitrogens with one attached hydrogen (secondary N) is 1. The van der Waals surface area contributed by atoms with E-state index in [1.165, 1.54) is 5.56 Å². The van der Waals surface area contributed by atoms with E-state index in [-0.39, 0.29) is 5.91 Å². The van der Waals surface area contributed by atoms with Crippen molar-refractivity contribution in [1.29, 1.82) is 0 Å². The zero-order chi connectivity index (χ0) is 21.2. The maximum atomic E-state index is 13.8. The van der Waals surface area contributed by atoms with Crippen molar-refractivity contribution in [1.82, 2.24) is 14.8 Å². The highest BCUT2D eigenvalue weighted by Gasteiger charge is 2.28. The van der Waals surface area contributed by atoms with Gasteiger partial charge in [0.15, 0.2) is 0 Å². The standard InChI is InChI=1S/C26H25N3OS/c1-19-9-5-8-14-23(19)31-26-24(25(30)28-17-15-27-16-18-28)21-12-6-7-13-22(21)29(26)20-10-3-2-4-11-20/h2-14,27H,15-18H2,1H3. The van der Waals surface area contributed by atoms with Crippen LogP contribution < -0.4 is 5.32 Å². The van der Waals surface area contributed by atoms with E-state index in [0.29, 0.717) is 0 Å². The van der Waals surface area contributed by atoms with Crippen molar-refractivity contribution in [3.8, 4) is 5.69 Å². The molecule has 1 fully saturated rings. The fourth-order valence-corrected chi connectivity index (χ4v) is 5.33. The van der Waals surface area contributed by atoms with Gasteiger partial charge in [0, 0.05) is 42.1 Å². The summed E-state index contributed by atoms with van der Waals surface area (Å²) in [6.07, 6.45) is 0. The van der Waals surface area contributed by atoms with E-state index < -0.39 is 0 Å². The number of carbonyl (C=O) groups is 1. The zero-order valence-electron chi connectivity index (χ0n) is 17.5. The summed E-state index contributed by atoms with van der Waals surface area (Å²) in [6, 6.07) is 26.9. The second-order valence-electron chi connectivity index (χ2n) is 7.78. The Labute approximate surface area is 186 Å². The van der Waals surface area contributed by atoms with Gasteiger partial charge in [0.05, 0.1) is 16.1 Å². The largest absolute Gasteiger partial charge is 0.336 e. The molecule has 1 aliphatic rings. The Morgan fingerprint density at radius 1 is 0.871 bits per heavy atom. The highest BCUT2D eigenvalue weighted by molar-refractivity contribution is 7.99. The zero-order valence-corrected chi connectivity index (χ0v) is 18.4. The molecule has 4 aromatic rings. The van der Waals surface area contributed by atoms with E-state index >= 15 is 0 Å². The molecule has 1 saturated heterocycles. The first-order valence-electron chi connectivity index (χ1n) is 10.7. The van der Waals surface area contributed by atoms with Crippen LogP contribution in [0, 0.1) is 6.92 Å². The van der Waals surface area contributed by atoms with Crippen LogP contribution in [-0.2, 0) is 0 Å². The lowest BCUT2D eigenvalue weighted by molar-refractivity contribution is 0.0734. The molecule has 2 heterocycles. The summed E-state index contributed by atoms with van der Waals surface area (Å²) < 4.78 is 2.24. The minimum atomic E-state index is 0.114. The third kappa shape index (κ3) is 3.75. The average Bonchev–Trinajstić information content (AvgIpc) is 3.15. The number of piperazine rings is 1. The highest BCUT2D eigenvalue weighted by Crippen LogP contribution is 2.40. The number of amides is 1. The molecular weight excluding hydrogens is 402 g/mol. The van der Waals surface area contributed by atoms with Gasteiger partial charge in [0.25, 0.3) is 5.91 Å². The lowest BCUT2D eigenvalue weighted by atomic mass is 10.1. The Kier molecular flexibility index (Phi) is 5.53. The molecule has 1 amide bonds. The number of hydrogen-bond donors (Lipinski definition) is 1. The van der Waals surface area contributed by atoms with E-state index in [9.17, 15) is 4.79 Å². The molecule has 0 radical (unpaired) electrons. The van der Waals surface area contributed by atoms with Gasteiger partial charge < -0.3 is 14.8 Å². The third-order valence-corrected chi connectivity index (χ3v) is 7.02. The first kappa shape index (κ1) is 19.9. The maximum absolute atomic E-state index is 13.8. The number of benzene rings is 3. The van der Waals surface area contributed by atoms with Gasteiger partial charge >= 0.3 is 0 Å². The Morgan fingerprint density at radius 3 is 2.32 bits per heavy atom. The second-order valence-corrected chi connectivity index (χ2v) is 8.81. The molecule has 0 unspecified atom stereocenters. The molecule has 5 rings (SSSR count). The summed E-state index contributed by atoms with van der Waals surface area (Å²) in [5.41, 5.74) is 4.13. The Bertz CT molecular complexity index is 1230. The Hall–Kier alpha value is -3.02. The van der Waals surface area contributed by atoms with Gasteiger partial charge in [-0.3, -0.25) is 4.79 Å². The van der Waals surface area contributed by atoms with Gasteiger partial charge in [0.2, 0.25) is 0 Å². The first-order valence-corrected chi connectivity index (χ1v) is 11.5. The van der Waals surface area contributed by atoms with Gasteiger partial charge in [-0.15, -0.1) is 0 Å². The molecular formula is C26H25N3OS. The summed E-state index contributed by atoms with van der Waals surface area (Å²) in [4.78, 5) is 17.0. The minimum absolute atomic E-state index is 0.114. The van der Waals surface area contributed by atoms with Crippen molar-refractivity contribution in [2.45, 2.75) is 16.8 Å². The van der Waals surface area contributed by atoms with E-state index in [1.54, 1.807) is 11.8 Å². The van der Waals surface area contributed by atoms with E-state index in [2.05, 4.69) is 65.3 Å². The Balaban J connectivity index is 1.76. The molecule has 0 aliphatic carbocycles. The van der Waals surface area contributed by atoms with Gasteiger partial charge in [-0.25, -0.2) is 0 Å². The number of aryl methyl sites for hydroxylation is 1. The van der Waals surface area contributed by atoms with Gasteiger partial charge in [-0.2, -0.15) is 0 Å². The molecule has 0 bridgehead atoms. The fourth-order valence-electron chi connectivity index (χ4n) is 4.15. The van der Waals surface area contributed by atoms with Crippen LogP contribution >= 0.6 is 11.8 Å². The summed E-state index contributed by atoms with van der Waals surface area (Å²) >= 11 is 1.68. The van der Waals surface area contributed by atoms with Crippen LogP contribution in [0.25, 0.3) is 16.6 Å². The topological polar surface area (TPSA) is 37.3 Å². The molecule has 0 atom stereocenters. The summed E-state index contributed by atoms with van der Waals surface area (Å²) in [5.74, 6) is 0.114. The summed E-state index contributed by atoms with van der Waals surface area (Å²) in [5, 5.41) is 5.33. The molecule has 0 spiro atoms. The molecule has 0 saturated carbocycles. The van der Waals surface area contributed by atoms with E-state index in [1.807, 2.05) is 35.2 Å². The molecule has 1 aliphatic heterocycles. The van der Waals surface area contributed by atoms with Crippen molar-refractivity contribution < 1.29 is 4.79 Å². The number of fused-ring (bicyclic) bond motifs is 1. The monoisotopic (exact) mass is 427 g/mol. The van der Waals surface area contributed by atoms with E-state index in [0.717, 1.165) is 58.3 Å². The number of aromatic nitrogens is 1. The normalized spacial score (nSPS) is 14.2. The lowest BCUT2D eigenvalue weighted by Gasteiger charge is -2.27. The van der Waals surface area contributed by atoms with Gasteiger partial charge in [0.1, 0.15) is 0 Å². The molecule has 31 heavy (non-hydrogen) atoms. The molecule has 156 valence electrons. The molecule has 5 heteroatoms. The first-order chi connectivity index (χ1) is 15.2.